The van der Waals surface area contributed by atoms with Crippen molar-refractivity contribution in [1.29, 1.82) is 0 Å². The largest absolute Gasteiger partial charge is 0.380 e. The minimum absolute atomic E-state index is 0.0456. The molecule has 0 atom stereocenters. The van der Waals surface area contributed by atoms with E-state index >= 15 is 0 Å². The Bertz CT molecular complexity index is 948. The standard InChI is InChI=1S/C24H26N4O/c1-19-7-9-20(10-8-19)16-26-22-15-21(17-25-18-22)24(29)28-13-11-27(12-14-28)23-5-3-2-4-6-23/h2-10,15,17-18,26H,11-14,16H2,1H3. The van der Waals surface area contributed by atoms with Gasteiger partial charge in [0, 0.05) is 50.8 Å². The Morgan fingerprint density at radius 3 is 2.41 bits per heavy atom. The molecule has 0 radical (unpaired) electrons. The third kappa shape index (κ3) is 4.74. The number of amides is 1. The van der Waals surface area contributed by atoms with Gasteiger partial charge >= 0.3 is 0 Å². The maximum atomic E-state index is 12.9. The molecule has 2 heterocycles. The Morgan fingerprint density at radius 1 is 0.966 bits per heavy atom. The maximum absolute atomic E-state index is 12.9. The van der Waals surface area contributed by atoms with Crippen molar-refractivity contribution < 1.29 is 4.79 Å². The third-order valence-corrected chi connectivity index (χ3v) is 5.29. The smallest absolute Gasteiger partial charge is 0.255 e. The molecule has 0 aliphatic carbocycles. The van der Waals surface area contributed by atoms with Gasteiger partial charge in [-0.1, -0.05) is 48.0 Å². The summed E-state index contributed by atoms with van der Waals surface area (Å²) in [4.78, 5) is 21.5. The molecule has 0 spiro atoms. The van der Waals surface area contributed by atoms with Gasteiger partial charge in [-0.2, -0.15) is 0 Å². The fourth-order valence-electron chi connectivity index (χ4n) is 3.55. The van der Waals surface area contributed by atoms with Crippen LogP contribution in [0.4, 0.5) is 11.4 Å². The first-order chi connectivity index (χ1) is 14.2. The van der Waals surface area contributed by atoms with Crippen LogP contribution in [-0.2, 0) is 6.54 Å². The van der Waals surface area contributed by atoms with Gasteiger partial charge in [-0.05, 0) is 30.7 Å². The van der Waals surface area contributed by atoms with Crippen LogP contribution in [0.1, 0.15) is 21.5 Å². The van der Waals surface area contributed by atoms with Gasteiger partial charge < -0.3 is 15.1 Å². The molecular weight excluding hydrogens is 360 g/mol. The lowest BCUT2D eigenvalue weighted by molar-refractivity contribution is 0.0746. The van der Waals surface area contributed by atoms with Crippen LogP contribution in [0.15, 0.2) is 73.1 Å². The molecule has 2 aromatic carbocycles. The molecule has 1 amide bonds. The Kier molecular flexibility index (Phi) is 5.75. The van der Waals surface area contributed by atoms with E-state index in [0.717, 1.165) is 31.9 Å². The highest BCUT2D eigenvalue weighted by atomic mass is 16.2. The van der Waals surface area contributed by atoms with Crippen molar-refractivity contribution >= 4 is 17.3 Å². The molecule has 3 aromatic rings. The van der Waals surface area contributed by atoms with Crippen LogP contribution < -0.4 is 10.2 Å². The molecule has 1 fully saturated rings. The predicted octanol–water partition coefficient (Wildman–Crippen LogP) is 3.96. The van der Waals surface area contributed by atoms with E-state index in [1.807, 2.05) is 29.2 Å². The lowest BCUT2D eigenvalue weighted by Gasteiger charge is -2.36. The van der Waals surface area contributed by atoms with E-state index in [4.69, 9.17) is 0 Å². The molecule has 1 aliphatic heterocycles. The number of rotatable bonds is 5. The molecule has 29 heavy (non-hydrogen) atoms. The van der Waals surface area contributed by atoms with Crippen molar-refractivity contribution in [3.05, 3.63) is 89.7 Å². The van der Waals surface area contributed by atoms with Gasteiger partial charge in [-0.25, -0.2) is 0 Å². The highest BCUT2D eigenvalue weighted by molar-refractivity contribution is 5.95. The summed E-state index contributed by atoms with van der Waals surface area (Å²) in [6.07, 6.45) is 3.42. The molecule has 5 nitrogen and oxygen atoms in total. The van der Waals surface area contributed by atoms with Crippen molar-refractivity contribution in [3.63, 3.8) is 0 Å². The van der Waals surface area contributed by atoms with Gasteiger partial charge in [-0.15, -0.1) is 0 Å². The van der Waals surface area contributed by atoms with Crippen LogP contribution in [0.25, 0.3) is 0 Å². The van der Waals surface area contributed by atoms with Gasteiger partial charge in [0.2, 0.25) is 0 Å². The second kappa shape index (κ2) is 8.78. The van der Waals surface area contributed by atoms with Crippen molar-refractivity contribution in [2.75, 3.05) is 36.4 Å². The topological polar surface area (TPSA) is 48.5 Å². The van der Waals surface area contributed by atoms with E-state index in [0.29, 0.717) is 12.1 Å². The number of anilines is 2. The zero-order valence-electron chi connectivity index (χ0n) is 16.7. The second-order valence-corrected chi connectivity index (χ2v) is 7.42. The molecule has 0 bridgehead atoms. The molecule has 0 unspecified atom stereocenters. The zero-order valence-corrected chi connectivity index (χ0v) is 16.7. The average Bonchev–Trinajstić information content (AvgIpc) is 2.79. The summed E-state index contributed by atoms with van der Waals surface area (Å²) in [5, 5.41) is 3.37. The molecule has 1 N–H and O–H groups in total. The van der Waals surface area contributed by atoms with Crippen LogP contribution in [0, 0.1) is 6.92 Å². The number of carbonyl (C=O) groups excluding carboxylic acids is 1. The quantitative estimate of drug-likeness (QED) is 0.721. The molecule has 1 aromatic heterocycles. The number of nitrogens with one attached hydrogen (secondary N) is 1. The highest BCUT2D eigenvalue weighted by Gasteiger charge is 2.22. The number of nitrogens with zero attached hydrogens (tertiary/aromatic N) is 3. The summed E-state index contributed by atoms with van der Waals surface area (Å²) in [5.41, 5.74) is 5.15. The minimum Gasteiger partial charge on any atom is -0.380 e. The van der Waals surface area contributed by atoms with E-state index in [2.05, 4.69) is 58.5 Å². The fourth-order valence-corrected chi connectivity index (χ4v) is 3.55. The van der Waals surface area contributed by atoms with Crippen LogP contribution >= 0.6 is 0 Å². The van der Waals surface area contributed by atoms with Crippen LogP contribution in [0.5, 0.6) is 0 Å². The van der Waals surface area contributed by atoms with E-state index in [1.165, 1.54) is 16.8 Å². The van der Waals surface area contributed by atoms with Crippen molar-refractivity contribution in [2.45, 2.75) is 13.5 Å². The number of benzene rings is 2. The number of aromatic nitrogens is 1. The Labute approximate surface area is 172 Å². The normalized spacial score (nSPS) is 14.0. The molecule has 0 saturated carbocycles. The fraction of sp³-hybridized carbons (Fsp3) is 0.250. The first kappa shape index (κ1) is 19.0. The number of hydrogen-bond donors (Lipinski definition) is 1. The monoisotopic (exact) mass is 386 g/mol. The first-order valence-electron chi connectivity index (χ1n) is 10.0. The summed E-state index contributed by atoms with van der Waals surface area (Å²) in [5.74, 6) is 0.0456. The molecule has 1 saturated heterocycles. The van der Waals surface area contributed by atoms with Crippen LogP contribution in [-0.4, -0.2) is 42.0 Å². The van der Waals surface area contributed by atoms with E-state index in [9.17, 15) is 4.79 Å². The Balaban J connectivity index is 1.35. The number of pyridine rings is 1. The predicted molar refractivity (Wildman–Crippen MR) is 117 cm³/mol. The lowest BCUT2D eigenvalue weighted by atomic mass is 10.1. The van der Waals surface area contributed by atoms with Gasteiger partial charge in [0.25, 0.3) is 5.91 Å². The van der Waals surface area contributed by atoms with Gasteiger partial charge in [-0.3, -0.25) is 9.78 Å². The van der Waals surface area contributed by atoms with Crippen molar-refractivity contribution in [3.8, 4) is 0 Å². The maximum Gasteiger partial charge on any atom is 0.255 e. The van der Waals surface area contributed by atoms with Crippen molar-refractivity contribution in [2.24, 2.45) is 0 Å². The highest BCUT2D eigenvalue weighted by Crippen LogP contribution is 2.18. The van der Waals surface area contributed by atoms with E-state index in [1.54, 1.807) is 12.4 Å². The number of aryl methyl sites for hydroxylation is 1. The molecule has 5 heteroatoms. The van der Waals surface area contributed by atoms with Gasteiger partial charge in [0.05, 0.1) is 11.3 Å². The zero-order chi connectivity index (χ0) is 20.1. The Hall–Kier alpha value is -3.34. The molecule has 148 valence electrons. The number of carbonyl (C=O) groups is 1. The minimum atomic E-state index is 0.0456. The van der Waals surface area contributed by atoms with E-state index < -0.39 is 0 Å². The van der Waals surface area contributed by atoms with Crippen LogP contribution in [0.2, 0.25) is 0 Å². The molecule has 4 rings (SSSR count). The van der Waals surface area contributed by atoms with Gasteiger partial charge in [0.1, 0.15) is 0 Å². The number of piperazine rings is 1. The van der Waals surface area contributed by atoms with E-state index in [-0.39, 0.29) is 5.91 Å². The first-order valence-corrected chi connectivity index (χ1v) is 10.0. The summed E-state index contributed by atoms with van der Waals surface area (Å²) in [6, 6.07) is 20.7. The van der Waals surface area contributed by atoms with Gasteiger partial charge in [0.15, 0.2) is 0 Å². The van der Waals surface area contributed by atoms with Crippen molar-refractivity contribution in [1.82, 2.24) is 9.88 Å². The lowest BCUT2D eigenvalue weighted by Crippen LogP contribution is -2.48. The summed E-state index contributed by atoms with van der Waals surface area (Å²) in [7, 11) is 0. The third-order valence-electron chi connectivity index (χ3n) is 5.29. The molecular formula is C24H26N4O. The SMILES string of the molecule is Cc1ccc(CNc2cncc(C(=O)N3CCN(c4ccccc4)CC3)c2)cc1. The number of hydrogen-bond acceptors (Lipinski definition) is 4. The summed E-state index contributed by atoms with van der Waals surface area (Å²) >= 11 is 0. The average molecular weight is 386 g/mol. The molecule has 1 aliphatic rings. The van der Waals surface area contributed by atoms with Crippen LogP contribution in [0.3, 0.4) is 0 Å². The second-order valence-electron chi connectivity index (χ2n) is 7.42. The number of para-hydroxylation sites is 1. The summed E-state index contributed by atoms with van der Waals surface area (Å²) < 4.78 is 0. The Morgan fingerprint density at radius 2 is 1.69 bits per heavy atom. The summed E-state index contributed by atoms with van der Waals surface area (Å²) in [6.45, 7) is 5.90.